The zero-order valence-corrected chi connectivity index (χ0v) is 41.2. The second-order valence-electron chi connectivity index (χ2n) is 16.7. The van der Waals surface area contributed by atoms with Crippen molar-refractivity contribution >= 4 is 52.8 Å². The summed E-state index contributed by atoms with van der Waals surface area (Å²) in [7, 11) is -1.77. The van der Waals surface area contributed by atoms with E-state index in [1.54, 1.807) is 0 Å². The summed E-state index contributed by atoms with van der Waals surface area (Å²) >= 11 is 0. The van der Waals surface area contributed by atoms with Crippen molar-refractivity contribution in [1.82, 2.24) is 21.3 Å². The average Bonchev–Trinajstić information content (AvgIpc) is 3.89. The number of rotatable bonds is 10. The van der Waals surface area contributed by atoms with Gasteiger partial charge in [-0.25, -0.2) is 0 Å². The summed E-state index contributed by atoms with van der Waals surface area (Å²) in [5.41, 5.74) is 13.2. The van der Waals surface area contributed by atoms with Gasteiger partial charge in [-0.15, -0.1) is 92.9 Å². The van der Waals surface area contributed by atoms with Gasteiger partial charge in [-0.2, -0.15) is 0 Å². The zero-order valence-electron chi connectivity index (χ0n) is 35.6. The fourth-order valence-electron chi connectivity index (χ4n) is 9.82. The molecule has 6 rings (SSSR count). The van der Waals surface area contributed by atoms with Crippen molar-refractivity contribution in [3.05, 3.63) is 128 Å². The number of carbonyl (C=O) groups is 4. The minimum atomic E-state index is -0.883. The standard InChI is InChI=1S/2C23H29N2O2Si.Hf/c2*1-14-19-15(2)23(3,4)20(16-9-7-8-10-16)17(19)11-18(24-12-26)21(25-13-27)22(14)28(5)6;/h2*7-9,11-14H,10H2,1-6H3,(H,24,26)(H,25,27);/q2*-1;. The summed E-state index contributed by atoms with van der Waals surface area (Å²) < 4.78 is 0. The molecular weight excluding hydrogens is 907 g/mol. The van der Waals surface area contributed by atoms with E-state index in [9.17, 15) is 19.2 Å². The predicted molar refractivity (Wildman–Crippen MR) is 233 cm³/mol. The molecule has 0 aliphatic heterocycles. The van der Waals surface area contributed by atoms with Crippen molar-refractivity contribution in [1.29, 1.82) is 0 Å². The van der Waals surface area contributed by atoms with Gasteiger partial charge in [-0.3, -0.25) is 19.2 Å². The fraction of sp³-hybridized carbons (Fsp3) is 0.391. The van der Waals surface area contributed by atoms with Crippen LogP contribution in [0.2, 0.25) is 26.2 Å². The first-order valence-electron chi connectivity index (χ1n) is 19.5. The molecule has 0 spiro atoms. The maximum Gasteiger partial charge on any atom is 0.211 e. The van der Waals surface area contributed by atoms with Crippen LogP contribution in [0.4, 0.5) is 0 Å². The van der Waals surface area contributed by atoms with Crippen LogP contribution in [0.3, 0.4) is 0 Å². The van der Waals surface area contributed by atoms with E-state index in [1.165, 1.54) is 66.8 Å². The Hall–Kier alpha value is -3.94. The van der Waals surface area contributed by atoms with Crippen LogP contribution in [-0.2, 0) is 45.0 Å². The van der Waals surface area contributed by atoms with Crippen LogP contribution in [0, 0.1) is 34.5 Å². The van der Waals surface area contributed by atoms with Gasteiger partial charge in [-0.1, -0.05) is 93.7 Å². The molecule has 0 aromatic heterocycles. The average molecular weight is 966 g/mol. The van der Waals surface area contributed by atoms with Crippen molar-refractivity contribution in [2.45, 2.75) is 94.4 Å². The molecule has 0 aromatic rings. The molecule has 0 aromatic carbocycles. The molecule has 4 amide bonds. The Labute approximate surface area is 361 Å². The van der Waals surface area contributed by atoms with Gasteiger partial charge in [0.25, 0.3) is 0 Å². The smallest absolute Gasteiger partial charge is 0.211 e. The third-order valence-electron chi connectivity index (χ3n) is 12.5. The number of fused-ring (bicyclic) bond motifs is 2. The second-order valence-corrected chi connectivity index (χ2v) is 21.8. The molecule has 0 fully saturated rings. The molecule has 2 atom stereocenters. The Morgan fingerprint density at radius 2 is 0.947 bits per heavy atom. The molecule has 300 valence electrons. The molecule has 2 unspecified atom stereocenters. The van der Waals surface area contributed by atoms with Gasteiger partial charge in [0.1, 0.15) is 0 Å². The third kappa shape index (κ3) is 8.21. The van der Waals surface area contributed by atoms with E-state index in [4.69, 9.17) is 0 Å². The molecule has 11 heteroatoms. The van der Waals surface area contributed by atoms with Gasteiger partial charge in [-0.05, 0) is 45.8 Å². The SMILES string of the molecule is CC1=C2C(=CC(NC=O)=C(NC=O)C(=[Si](C)C)C2C)[C-](C2=CC=CC2)C1(C)C.CC1=C2C(=CC(NC=O)=C(NC=O)C(=[Si](C)C)C2C)[C-](C2=CC=CC2)C1(C)C.[Hf]. The van der Waals surface area contributed by atoms with Crippen molar-refractivity contribution in [2.75, 3.05) is 0 Å². The van der Waals surface area contributed by atoms with Crippen LogP contribution in [-0.4, -0.2) is 52.8 Å². The van der Waals surface area contributed by atoms with Crippen LogP contribution in [0.15, 0.2) is 116 Å². The van der Waals surface area contributed by atoms with Gasteiger partial charge >= 0.3 is 0 Å². The molecule has 0 heterocycles. The Morgan fingerprint density at radius 3 is 1.21 bits per heavy atom. The van der Waals surface area contributed by atoms with E-state index < -0.39 is 16.8 Å². The number of hydrogen-bond donors (Lipinski definition) is 4. The van der Waals surface area contributed by atoms with Gasteiger partial charge < -0.3 is 21.3 Å². The maximum absolute atomic E-state index is 11.4. The van der Waals surface area contributed by atoms with Crippen LogP contribution < -0.4 is 21.3 Å². The molecule has 4 N–H and O–H groups in total. The monoisotopic (exact) mass is 966 g/mol. The number of nitrogens with one attached hydrogen (secondary N) is 4. The first-order valence-corrected chi connectivity index (χ1v) is 24.5. The maximum atomic E-state index is 11.4. The first kappa shape index (κ1) is 45.8. The minimum Gasteiger partial charge on any atom is -0.335 e. The summed E-state index contributed by atoms with van der Waals surface area (Å²) in [6.45, 7) is 27.0. The Morgan fingerprint density at radius 1 is 0.614 bits per heavy atom. The quantitative estimate of drug-likeness (QED) is 0.106. The van der Waals surface area contributed by atoms with E-state index in [2.05, 4.69) is 151 Å². The van der Waals surface area contributed by atoms with Gasteiger partial charge in [0.2, 0.25) is 25.6 Å². The molecule has 0 saturated carbocycles. The van der Waals surface area contributed by atoms with Crippen LogP contribution in [0.1, 0.15) is 68.2 Å². The van der Waals surface area contributed by atoms with Gasteiger partial charge in [0.05, 0.1) is 11.4 Å². The van der Waals surface area contributed by atoms with Crippen LogP contribution in [0.5, 0.6) is 0 Å². The Kier molecular flexibility index (Phi) is 14.7. The number of hydrogen-bond acceptors (Lipinski definition) is 4. The molecule has 6 aliphatic carbocycles. The number of allylic oxidation sites excluding steroid dienone is 18. The van der Waals surface area contributed by atoms with Crippen molar-refractivity contribution in [3.63, 3.8) is 0 Å². The van der Waals surface area contributed by atoms with Crippen molar-refractivity contribution < 1.29 is 45.0 Å². The minimum absolute atomic E-state index is 0. The van der Waals surface area contributed by atoms with E-state index in [0.717, 1.165) is 24.2 Å². The molecule has 8 nitrogen and oxygen atoms in total. The Balaban J connectivity index is 0.000000248. The molecule has 0 saturated heterocycles. The molecule has 57 heavy (non-hydrogen) atoms. The number of carbonyl (C=O) groups excluding carboxylic acids is 4. The van der Waals surface area contributed by atoms with Crippen molar-refractivity contribution in [3.8, 4) is 0 Å². The van der Waals surface area contributed by atoms with E-state index in [-0.39, 0.29) is 48.5 Å². The molecule has 6 aliphatic rings. The number of amides is 4. The van der Waals surface area contributed by atoms with Crippen LogP contribution in [0.25, 0.3) is 0 Å². The molecular formula is C46H58HfN4O4Si2-2. The van der Waals surface area contributed by atoms with Gasteiger partial charge in [0.15, 0.2) is 0 Å². The summed E-state index contributed by atoms with van der Waals surface area (Å²) in [4.78, 5) is 45.5. The largest absolute Gasteiger partial charge is 0.335 e. The molecule has 0 radical (unpaired) electrons. The summed E-state index contributed by atoms with van der Waals surface area (Å²) in [5, 5.41) is 14.0. The first-order chi connectivity index (χ1) is 26.5. The predicted octanol–water partition coefficient (Wildman–Crippen LogP) is 7.18. The summed E-state index contributed by atoms with van der Waals surface area (Å²) in [5.74, 6) is 3.01. The second kappa shape index (κ2) is 18.3. The fourth-order valence-corrected chi connectivity index (χ4v) is 13.3. The summed E-state index contributed by atoms with van der Waals surface area (Å²) in [6.07, 6.45) is 21.8. The van der Waals surface area contributed by atoms with Crippen molar-refractivity contribution in [2.24, 2.45) is 22.7 Å². The third-order valence-corrected chi connectivity index (χ3v) is 16.1. The van der Waals surface area contributed by atoms with E-state index >= 15 is 0 Å². The van der Waals surface area contributed by atoms with E-state index in [1.807, 2.05) is 0 Å². The Bertz CT molecular complexity index is 1980. The van der Waals surface area contributed by atoms with E-state index in [0.29, 0.717) is 37.0 Å². The normalized spacial score (nSPS) is 22.9. The zero-order chi connectivity index (χ0) is 41.3. The topological polar surface area (TPSA) is 116 Å². The summed E-state index contributed by atoms with van der Waals surface area (Å²) in [6, 6.07) is 0. The van der Waals surface area contributed by atoms with Gasteiger partial charge in [0, 0.05) is 54.1 Å². The van der Waals surface area contributed by atoms with Crippen LogP contribution >= 0.6 is 0 Å². The molecule has 0 bridgehead atoms.